The molecule has 0 bridgehead atoms. The first-order valence-electron chi connectivity index (χ1n) is 7.04. The third kappa shape index (κ3) is 4.55. The van der Waals surface area contributed by atoms with Crippen molar-refractivity contribution in [3.05, 3.63) is 0 Å². The number of morpholine rings is 1. The summed E-state index contributed by atoms with van der Waals surface area (Å²) in [6.07, 6.45) is 5.00. The van der Waals surface area contributed by atoms with Gasteiger partial charge in [0.15, 0.2) is 0 Å². The molecule has 1 unspecified atom stereocenters. The maximum absolute atomic E-state index is 11.8. The number of carbonyl (C=O) groups is 1. The van der Waals surface area contributed by atoms with Crippen LogP contribution >= 0.6 is 0 Å². The fourth-order valence-corrected chi connectivity index (χ4v) is 2.74. The highest BCUT2D eigenvalue weighted by Crippen LogP contribution is 2.17. The summed E-state index contributed by atoms with van der Waals surface area (Å²) in [7, 11) is 1.98. The molecule has 18 heavy (non-hydrogen) atoms. The van der Waals surface area contributed by atoms with Crippen molar-refractivity contribution in [2.24, 2.45) is 0 Å². The number of carbonyl (C=O) groups excluding carboxylic acids is 1. The second-order valence-corrected chi connectivity index (χ2v) is 5.44. The van der Waals surface area contributed by atoms with Gasteiger partial charge in [-0.1, -0.05) is 12.8 Å². The molecule has 104 valence electrons. The molecule has 5 heteroatoms. The predicted octanol–water partition coefficient (Wildman–Crippen LogP) is -0.0346. The SMILES string of the molecule is CN(CC(=O)NC1CCCC1)CC1CNCCO1. The minimum Gasteiger partial charge on any atom is -0.374 e. The van der Waals surface area contributed by atoms with E-state index >= 15 is 0 Å². The summed E-state index contributed by atoms with van der Waals surface area (Å²) < 4.78 is 5.63. The van der Waals surface area contributed by atoms with Crippen LogP contribution in [0.3, 0.4) is 0 Å². The van der Waals surface area contributed by atoms with Gasteiger partial charge in [0.05, 0.1) is 19.3 Å². The predicted molar refractivity (Wildman–Crippen MR) is 70.5 cm³/mol. The Labute approximate surface area is 109 Å². The highest BCUT2D eigenvalue weighted by molar-refractivity contribution is 5.78. The highest BCUT2D eigenvalue weighted by atomic mass is 16.5. The molecular formula is C13H25N3O2. The van der Waals surface area contributed by atoms with Crippen LogP contribution in [-0.4, -0.2) is 62.8 Å². The Bertz CT molecular complexity index is 261. The van der Waals surface area contributed by atoms with E-state index in [2.05, 4.69) is 10.6 Å². The lowest BCUT2D eigenvalue weighted by Gasteiger charge is -2.27. The Hall–Kier alpha value is -0.650. The average Bonchev–Trinajstić information content (AvgIpc) is 2.82. The molecule has 1 saturated heterocycles. The molecular weight excluding hydrogens is 230 g/mol. The Morgan fingerprint density at radius 3 is 2.89 bits per heavy atom. The van der Waals surface area contributed by atoms with Crippen molar-refractivity contribution >= 4 is 5.91 Å². The zero-order valence-corrected chi connectivity index (χ0v) is 11.3. The molecule has 0 aromatic heterocycles. The summed E-state index contributed by atoms with van der Waals surface area (Å²) in [5.74, 6) is 0.146. The van der Waals surface area contributed by atoms with Gasteiger partial charge in [0, 0.05) is 25.7 Å². The third-order valence-corrected chi connectivity index (χ3v) is 3.65. The van der Waals surface area contributed by atoms with Gasteiger partial charge < -0.3 is 15.4 Å². The molecule has 1 heterocycles. The van der Waals surface area contributed by atoms with Gasteiger partial charge in [0.25, 0.3) is 0 Å². The first-order chi connectivity index (χ1) is 8.74. The van der Waals surface area contributed by atoms with E-state index in [4.69, 9.17) is 4.74 Å². The zero-order valence-electron chi connectivity index (χ0n) is 11.3. The molecule has 2 N–H and O–H groups in total. The Balaban J connectivity index is 1.62. The second kappa shape index (κ2) is 7.07. The number of amides is 1. The van der Waals surface area contributed by atoms with E-state index in [0.29, 0.717) is 12.6 Å². The molecule has 2 aliphatic rings. The van der Waals surface area contributed by atoms with E-state index in [1.807, 2.05) is 11.9 Å². The van der Waals surface area contributed by atoms with Gasteiger partial charge in [-0.15, -0.1) is 0 Å². The van der Waals surface area contributed by atoms with E-state index in [0.717, 1.165) is 39.1 Å². The summed E-state index contributed by atoms with van der Waals surface area (Å²) in [4.78, 5) is 13.9. The molecule has 1 amide bonds. The van der Waals surface area contributed by atoms with Crippen molar-refractivity contribution in [1.29, 1.82) is 0 Å². The van der Waals surface area contributed by atoms with Crippen molar-refractivity contribution in [2.75, 3.05) is 39.8 Å². The van der Waals surface area contributed by atoms with Gasteiger partial charge in [0.1, 0.15) is 0 Å². The van der Waals surface area contributed by atoms with Gasteiger partial charge in [-0.25, -0.2) is 0 Å². The fourth-order valence-electron chi connectivity index (χ4n) is 2.74. The summed E-state index contributed by atoms with van der Waals surface area (Å²) in [5, 5.41) is 6.41. The summed E-state index contributed by atoms with van der Waals surface area (Å²) in [5.41, 5.74) is 0. The van der Waals surface area contributed by atoms with Crippen molar-refractivity contribution in [1.82, 2.24) is 15.5 Å². The molecule has 1 aliphatic carbocycles. The topological polar surface area (TPSA) is 53.6 Å². The standard InChI is InChI=1S/C13H25N3O2/c1-16(9-12-8-14-6-7-18-12)10-13(17)15-11-4-2-3-5-11/h11-12,14H,2-10H2,1H3,(H,15,17). The Kier molecular flexibility index (Phi) is 5.41. The molecule has 1 saturated carbocycles. The van der Waals surface area contributed by atoms with Crippen molar-refractivity contribution in [3.8, 4) is 0 Å². The van der Waals surface area contributed by atoms with Crippen LogP contribution in [0, 0.1) is 0 Å². The van der Waals surface area contributed by atoms with Crippen LogP contribution in [0.5, 0.6) is 0 Å². The number of likely N-dealkylation sites (N-methyl/N-ethyl adjacent to an activating group) is 1. The first kappa shape index (κ1) is 13.8. The lowest BCUT2D eigenvalue weighted by atomic mass is 10.2. The highest BCUT2D eigenvalue weighted by Gasteiger charge is 2.20. The Morgan fingerprint density at radius 2 is 2.22 bits per heavy atom. The monoisotopic (exact) mass is 255 g/mol. The smallest absolute Gasteiger partial charge is 0.234 e. The average molecular weight is 255 g/mol. The van der Waals surface area contributed by atoms with Crippen molar-refractivity contribution < 1.29 is 9.53 Å². The van der Waals surface area contributed by atoms with Crippen LogP contribution in [0.2, 0.25) is 0 Å². The maximum Gasteiger partial charge on any atom is 0.234 e. The third-order valence-electron chi connectivity index (χ3n) is 3.65. The summed E-state index contributed by atoms with van der Waals surface area (Å²) in [6.45, 7) is 3.87. The number of nitrogens with zero attached hydrogens (tertiary/aromatic N) is 1. The fraction of sp³-hybridized carbons (Fsp3) is 0.923. The summed E-state index contributed by atoms with van der Waals surface area (Å²) in [6, 6.07) is 0.415. The molecule has 0 spiro atoms. The lowest BCUT2D eigenvalue weighted by molar-refractivity contribution is -0.123. The lowest BCUT2D eigenvalue weighted by Crippen LogP contribution is -2.47. The maximum atomic E-state index is 11.8. The van der Waals surface area contributed by atoms with Crippen LogP contribution in [0.4, 0.5) is 0 Å². The minimum atomic E-state index is 0.146. The molecule has 2 rings (SSSR count). The van der Waals surface area contributed by atoms with Crippen LogP contribution in [0.25, 0.3) is 0 Å². The molecule has 0 aromatic rings. The second-order valence-electron chi connectivity index (χ2n) is 5.44. The van der Waals surface area contributed by atoms with Gasteiger partial charge in [-0.2, -0.15) is 0 Å². The van der Waals surface area contributed by atoms with Crippen LogP contribution < -0.4 is 10.6 Å². The molecule has 0 radical (unpaired) electrons. The molecule has 2 fully saturated rings. The molecule has 0 aromatic carbocycles. The van der Waals surface area contributed by atoms with E-state index in [9.17, 15) is 4.79 Å². The van der Waals surface area contributed by atoms with Crippen LogP contribution in [0.15, 0.2) is 0 Å². The number of ether oxygens (including phenoxy) is 1. The van der Waals surface area contributed by atoms with Gasteiger partial charge in [0.2, 0.25) is 5.91 Å². The normalized spacial score (nSPS) is 25.6. The largest absolute Gasteiger partial charge is 0.374 e. The molecule has 1 aliphatic heterocycles. The minimum absolute atomic E-state index is 0.146. The number of rotatable bonds is 5. The van der Waals surface area contributed by atoms with E-state index in [1.165, 1.54) is 12.8 Å². The van der Waals surface area contributed by atoms with Crippen molar-refractivity contribution in [2.45, 2.75) is 37.8 Å². The van der Waals surface area contributed by atoms with Crippen molar-refractivity contribution in [3.63, 3.8) is 0 Å². The first-order valence-corrected chi connectivity index (χ1v) is 7.04. The Morgan fingerprint density at radius 1 is 1.44 bits per heavy atom. The van der Waals surface area contributed by atoms with Crippen LogP contribution in [0.1, 0.15) is 25.7 Å². The quantitative estimate of drug-likeness (QED) is 0.724. The van der Waals surface area contributed by atoms with Gasteiger partial charge in [-0.05, 0) is 19.9 Å². The molecule has 5 nitrogen and oxygen atoms in total. The van der Waals surface area contributed by atoms with E-state index in [1.54, 1.807) is 0 Å². The number of nitrogens with one attached hydrogen (secondary N) is 2. The number of hydrogen-bond donors (Lipinski definition) is 2. The van der Waals surface area contributed by atoms with Gasteiger partial charge in [-0.3, -0.25) is 9.69 Å². The zero-order chi connectivity index (χ0) is 12.8. The number of hydrogen-bond acceptors (Lipinski definition) is 4. The van der Waals surface area contributed by atoms with E-state index < -0.39 is 0 Å². The van der Waals surface area contributed by atoms with Gasteiger partial charge >= 0.3 is 0 Å². The van der Waals surface area contributed by atoms with E-state index in [-0.39, 0.29) is 12.0 Å². The summed E-state index contributed by atoms with van der Waals surface area (Å²) >= 11 is 0. The van der Waals surface area contributed by atoms with Crippen LogP contribution in [-0.2, 0) is 9.53 Å². The molecule has 1 atom stereocenters.